The van der Waals surface area contributed by atoms with Crippen molar-refractivity contribution in [3.05, 3.63) is 29.8 Å². The lowest BCUT2D eigenvalue weighted by Crippen LogP contribution is -2.27. The Kier molecular flexibility index (Phi) is 4.58. The monoisotopic (exact) mass is 250 g/mol. The Hall–Kier alpha value is -1.10. The van der Waals surface area contributed by atoms with Gasteiger partial charge in [0.25, 0.3) is 0 Å². The molecule has 0 amide bonds. The Bertz CT molecular complexity index is 372. The number of hydrogen-bond acceptors (Lipinski definition) is 4. The van der Waals surface area contributed by atoms with E-state index in [1.807, 2.05) is 18.2 Å². The van der Waals surface area contributed by atoms with Crippen LogP contribution in [0.25, 0.3) is 0 Å². The summed E-state index contributed by atoms with van der Waals surface area (Å²) in [6.07, 6.45) is 1.39. The maximum atomic E-state index is 5.78. The van der Waals surface area contributed by atoms with Crippen LogP contribution < -0.4 is 5.73 Å². The molecule has 0 spiro atoms. The number of hydrogen-bond donors (Lipinski definition) is 1. The molecule has 100 valence electrons. The van der Waals surface area contributed by atoms with Gasteiger partial charge in [-0.05, 0) is 24.1 Å². The Morgan fingerprint density at radius 3 is 2.44 bits per heavy atom. The minimum Gasteiger partial charge on any atom is -0.399 e. The van der Waals surface area contributed by atoms with E-state index in [4.69, 9.17) is 15.2 Å². The predicted octanol–water partition coefficient (Wildman–Crippen LogP) is 1.16. The number of anilines is 1. The summed E-state index contributed by atoms with van der Waals surface area (Å²) in [4.78, 5) is 2.38. The molecule has 2 atom stereocenters. The Labute approximate surface area is 109 Å². The number of ether oxygens (including phenoxy) is 2. The third kappa shape index (κ3) is 3.22. The van der Waals surface area contributed by atoms with Gasteiger partial charge in [-0.2, -0.15) is 0 Å². The van der Waals surface area contributed by atoms with Crippen molar-refractivity contribution in [1.82, 2.24) is 4.90 Å². The summed E-state index contributed by atoms with van der Waals surface area (Å²) in [6.45, 7) is 2.90. The van der Waals surface area contributed by atoms with Crippen molar-refractivity contribution in [1.29, 1.82) is 0 Å². The molecule has 1 heterocycles. The number of likely N-dealkylation sites (tertiary alicyclic amines) is 1. The van der Waals surface area contributed by atoms with Crippen molar-refractivity contribution in [2.45, 2.75) is 18.6 Å². The topological polar surface area (TPSA) is 47.7 Å². The van der Waals surface area contributed by atoms with Crippen molar-refractivity contribution < 1.29 is 9.47 Å². The van der Waals surface area contributed by atoms with Crippen LogP contribution >= 0.6 is 0 Å². The minimum absolute atomic E-state index is 0.191. The second-order valence-electron chi connectivity index (χ2n) is 4.80. The number of nitrogen functional groups attached to an aromatic ring is 1. The second-order valence-corrected chi connectivity index (χ2v) is 4.80. The number of rotatable bonds is 5. The first-order valence-corrected chi connectivity index (χ1v) is 6.35. The normalized spacial score (nSPS) is 24.6. The van der Waals surface area contributed by atoms with E-state index in [2.05, 4.69) is 11.0 Å². The van der Waals surface area contributed by atoms with Gasteiger partial charge in [-0.15, -0.1) is 0 Å². The average molecular weight is 250 g/mol. The molecule has 4 heteroatoms. The first-order chi connectivity index (χ1) is 8.72. The summed E-state index contributed by atoms with van der Waals surface area (Å²) in [5.74, 6) is 0. The molecule has 1 aromatic carbocycles. The molecule has 0 aromatic heterocycles. The first kappa shape index (κ1) is 13.3. The van der Waals surface area contributed by atoms with Gasteiger partial charge in [0.2, 0.25) is 0 Å². The van der Waals surface area contributed by atoms with Gasteiger partial charge in [0.15, 0.2) is 0 Å². The average Bonchev–Trinajstić information content (AvgIpc) is 2.79. The standard InChI is InChI=1S/C14H22N2O2/c1-17-13-9-16(10-14(13)18-2)7-6-11-4-3-5-12(15)8-11/h3-5,8,13-14H,6-7,9-10,15H2,1-2H3. The maximum Gasteiger partial charge on any atom is 0.0971 e. The molecule has 1 aliphatic rings. The maximum absolute atomic E-state index is 5.78. The van der Waals surface area contributed by atoms with E-state index in [1.165, 1.54) is 5.56 Å². The van der Waals surface area contributed by atoms with Crippen LogP contribution in [-0.2, 0) is 15.9 Å². The molecule has 1 saturated heterocycles. The fraction of sp³-hybridized carbons (Fsp3) is 0.571. The van der Waals surface area contributed by atoms with Crippen LogP contribution in [0.4, 0.5) is 5.69 Å². The molecule has 2 N–H and O–H groups in total. The molecular formula is C14H22N2O2. The van der Waals surface area contributed by atoms with Crippen LogP contribution in [0, 0.1) is 0 Å². The molecular weight excluding hydrogens is 228 g/mol. The lowest BCUT2D eigenvalue weighted by Gasteiger charge is -2.15. The molecule has 1 aromatic rings. The zero-order valence-corrected chi connectivity index (χ0v) is 11.1. The number of methoxy groups -OCH3 is 2. The van der Waals surface area contributed by atoms with E-state index >= 15 is 0 Å². The van der Waals surface area contributed by atoms with Gasteiger partial charge >= 0.3 is 0 Å². The van der Waals surface area contributed by atoms with E-state index in [0.29, 0.717) is 0 Å². The highest BCUT2D eigenvalue weighted by atomic mass is 16.5. The van der Waals surface area contributed by atoms with E-state index < -0.39 is 0 Å². The molecule has 18 heavy (non-hydrogen) atoms. The molecule has 4 nitrogen and oxygen atoms in total. The zero-order chi connectivity index (χ0) is 13.0. The van der Waals surface area contributed by atoms with E-state index in [-0.39, 0.29) is 12.2 Å². The first-order valence-electron chi connectivity index (χ1n) is 6.35. The summed E-state index contributed by atoms with van der Waals surface area (Å²) < 4.78 is 10.9. The van der Waals surface area contributed by atoms with Crippen molar-refractivity contribution in [2.24, 2.45) is 0 Å². The fourth-order valence-electron chi connectivity index (χ4n) is 2.49. The van der Waals surface area contributed by atoms with Crippen LogP contribution in [0.3, 0.4) is 0 Å². The number of nitrogens with two attached hydrogens (primary N) is 1. The SMILES string of the molecule is COC1CN(CCc2cccc(N)c2)CC1OC. The Balaban J connectivity index is 1.84. The van der Waals surface area contributed by atoms with Crippen molar-refractivity contribution in [2.75, 3.05) is 39.6 Å². The predicted molar refractivity (Wildman–Crippen MR) is 72.6 cm³/mol. The third-order valence-electron chi connectivity index (χ3n) is 3.56. The second kappa shape index (κ2) is 6.18. The van der Waals surface area contributed by atoms with Crippen LogP contribution in [0.5, 0.6) is 0 Å². The quantitative estimate of drug-likeness (QED) is 0.797. The molecule has 1 fully saturated rings. The largest absolute Gasteiger partial charge is 0.399 e. The highest BCUT2D eigenvalue weighted by Gasteiger charge is 2.32. The van der Waals surface area contributed by atoms with Gasteiger partial charge < -0.3 is 15.2 Å². The van der Waals surface area contributed by atoms with Crippen molar-refractivity contribution in [3.8, 4) is 0 Å². The highest BCUT2D eigenvalue weighted by molar-refractivity contribution is 5.40. The molecule has 0 bridgehead atoms. The molecule has 2 unspecified atom stereocenters. The summed E-state index contributed by atoms with van der Waals surface area (Å²) in [7, 11) is 3.50. The van der Waals surface area contributed by atoms with Crippen molar-refractivity contribution >= 4 is 5.69 Å². The summed E-state index contributed by atoms with van der Waals surface area (Å²) in [6, 6.07) is 8.08. The van der Waals surface area contributed by atoms with Gasteiger partial charge in [-0.25, -0.2) is 0 Å². The number of benzene rings is 1. The molecule has 0 radical (unpaired) electrons. The highest BCUT2D eigenvalue weighted by Crippen LogP contribution is 2.16. The molecule has 2 rings (SSSR count). The molecule has 1 aliphatic heterocycles. The van der Waals surface area contributed by atoms with E-state index in [1.54, 1.807) is 14.2 Å². The van der Waals surface area contributed by atoms with Gasteiger partial charge in [-0.3, -0.25) is 4.90 Å². The van der Waals surface area contributed by atoms with Gasteiger partial charge in [-0.1, -0.05) is 12.1 Å². The van der Waals surface area contributed by atoms with Crippen LogP contribution in [-0.4, -0.2) is 51.0 Å². The van der Waals surface area contributed by atoms with Gasteiger partial charge in [0, 0.05) is 39.5 Å². The van der Waals surface area contributed by atoms with Crippen LogP contribution in [0.1, 0.15) is 5.56 Å². The summed E-state index contributed by atoms with van der Waals surface area (Å²) in [5.41, 5.74) is 7.89. The Morgan fingerprint density at radius 1 is 1.22 bits per heavy atom. The Morgan fingerprint density at radius 2 is 1.89 bits per heavy atom. The lowest BCUT2D eigenvalue weighted by atomic mass is 10.1. The van der Waals surface area contributed by atoms with Crippen LogP contribution in [0.15, 0.2) is 24.3 Å². The summed E-state index contributed by atoms with van der Waals surface area (Å²) >= 11 is 0. The summed E-state index contributed by atoms with van der Waals surface area (Å²) in [5, 5.41) is 0. The molecule has 0 aliphatic carbocycles. The fourth-order valence-corrected chi connectivity index (χ4v) is 2.49. The van der Waals surface area contributed by atoms with Gasteiger partial charge in [0.1, 0.15) is 0 Å². The number of nitrogens with zero attached hydrogens (tertiary/aromatic N) is 1. The molecule has 0 saturated carbocycles. The van der Waals surface area contributed by atoms with E-state index in [0.717, 1.165) is 31.7 Å². The minimum atomic E-state index is 0.191. The van der Waals surface area contributed by atoms with Crippen LogP contribution in [0.2, 0.25) is 0 Å². The smallest absolute Gasteiger partial charge is 0.0971 e. The zero-order valence-electron chi connectivity index (χ0n) is 11.1. The third-order valence-corrected chi connectivity index (χ3v) is 3.56. The van der Waals surface area contributed by atoms with E-state index in [9.17, 15) is 0 Å². The van der Waals surface area contributed by atoms with Crippen molar-refractivity contribution in [3.63, 3.8) is 0 Å². The lowest BCUT2D eigenvalue weighted by molar-refractivity contribution is -0.00461. The van der Waals surface area contributed by atoms with Gasteiger partial charge in [0.05, 0.1) is 12.2 Å².